The summed E-state index contributed by atoms with van der Waals surface area (Å²) in [4.78, 5) is 24.7. The summed E-state index contributed by atoms with van der Waals surface area (Å²) in [6.45, 7) is 3.74. The maximum atomic E-state index is 12.8. The molecule has 0 unspecified atom stereocenters. The van der Waals surface area contributed by atoms with E-state index in [0.717, 1.165) is 18.4 Å². The Bertz CT molecular complexity index is 1050. The van der Waals surface area contributed by atoms with E-state index in [1.54, 1.807) is 24.3 Å². The third-order valence-electron chi connectivity index (χ3n) is 6.09. The molecule has 1 fully saturated rings. The minimum atomic E-state index is -4.28. The molecular formula is C26H31F3N2O4. The highest BCUT2D eigenvalue weighted by molar-refractivity contribution is 6.01. The van der Waals surface area contributed by atoms with E-state index in [9.17, 15) is 27.9 Å². The summed E-state index contributed by atoms with van der Waals surface area (Å²) in [5.74, 6) is -0.655. The Labute approximate surface area is 202 Å². The van der Waals surface area contributed by atoms with Crippen LogP contribution in [0.25, 0.3) is 0 Å². The molecule has 0 atom stereocenters. The third kappa shape index (κ3) is 7.13. The number of aryl methyl sites for hydroxylation is 2. The number of hydrogen-bond acceptors (Lipinski definition) is 3. The largest absolute Gasteiger partial charge is 0.491 e. The fraction of sp³-hybridized carbons (Fsp3) is 0.462. The van der Waals surface area contributed by atoms with E-state index in [0.29, 0.717) is 36.1 Å². The number of amides is 2. The van der Waals surface area contributed by atoms with E-state index >= 15 is 0 Å². The van der Waals surface area contributed by atoms with Gasteiger partial charge in [-0.05, 0) is 68.4 Å². The predicted molar refractivity (Wildman–Crippen MR) is 128 cm³/mol. The number of unbranched alkanes of at least 4 members (excludes halogenated alkanes) is 1. The lowest BCUT2D eigenvalue weighted by Crippen LogP contribution is -2.23. The van der Waals surface area contributed by atoms with Crippen molar-refractivity contribution in [1.82, 2.24) is 0 Å². The maximum absolute atomic E-state index is 12.8. The first-order valence-corrected chi connectivity index (χ1v) is 11.8. The Morgan fingerprint density at radius 1 is 1.09 bits per heavy atom. The molecule has 1 saturated carbocycles. The summed E-state index contributed by atoms with van der Waals surface area (Å²) in [6.07, 6.45) is -2.35. The molecule has 0 saturated heterocycles. The van der Waals surface area contributed by atoms with Crippen LogP contribution in [0.5, 0.6) is 5.75 Å². The van der Waals surface area contributed by atoms with Gasteiger partial charge in [0.25, 0.3) is 0 Å². The number of carbonyl (C=O) groups is 2. The Morgan fingerprint density at radius 3 is 2.34 bits per heavy atom. The van der Waals surface area contributed by atoms with Gasteiger partial charge in [-0.2, -0.15) is 13.2 Å². The first-order chi connectivity index (χ1) is 16.5. The van der Waals surface area contributed by atoms with E-state index in [2.05, 4.69) is 10.6 Å². The molecule has 0 bridgehead atoms. The molecule has 2 amide bonds. The van der Waals surface area contributed by atoms with Gasteiger partial charge in [-0.15, -0.1) is 0 Å². The molecule has 0 aliphatic heterocycles. The molecule has 0 heterocycles. The van der Waals surface area contributed by atoms with Crippen LogP contribution < -0.4 is 15.4 Å². The molecule has 3 N–H and O–H groups in total. The van der Waals surface area contributed by atoms with Crippen LogP contribution in [0, 0.1) is 6.92 Å². The Kier molecular flexibility index (Phi) is 8.30. The second-order valence-electron chi connectivity index (χ2n) is 9.02. The fourth-order valence-corrected chi connectivity index (χ4v) is 3.90. The van der Waals surface area contributed by atoms with Crippen LogP contribution >= 0.6 is 0 Å². The van der Waals surface area contributed by atoms with Gasteiger partial charge in [-0.1, -0.05) is 37.1 Å². The lowest BCUT2D eigenvalue weighted by Gasteiger charge is -2.21. The van der Waals surface area contributed by atoms with Gasteiger partial charge >= 0.3 is 18.2 Å². The average Bonchev–Trinajstić information content (AvgIpc) is 3.59. The number of aliphatic carboxylic acids is 1. The number of nitrogens with one attached hydrogen (secondary N) is 2. The summed E-state index contributed by atoms with van der Waals surface area (Å²) in [5.41, 5.74) is 2.06. The van der Waals surface area contributed by atoms with Crippen LogP contribution in [0.4, 0.5) is 29.3 Å². The Balaban J connectivity index is 1.91. The first kappa shape index (κ1) is 26.4. The first-order valence-electron chi connectivity index (χ1n) is 11.8. The van der Waals surface area contributed by atoms with Crippen molar-refractivity contribution >= 4 is 23.4 Å². The van der Waals surface area contributed by atoms with Crippen molar-refractivity contribution in [2.45, 2.75) is 70.4 Å². The number of carbonyl (C=O) groups excluding carboxylic acids is 1. The Morgan fingerprint density at radius 2 is 1.77 bits per heavy atom. The van der Waals surface area contributed by atoms with Gasteiger partial charge in [0.1, 0.15) is 5.75 Å². The summed E-state index contributed by atoms with van der Waals surface area (Å²) < 4.78 is 43.6. The number of carboxylic acids is 1. The average molecular weight is 493 g/mol. The zero-order valence-electron chi connectivity index (χ0n) is 19.9. The van der Waals surface area contributed by atoms with Crippen LogP contribution in [0.3, 0.4) is 0 Å². The molecule has 1 aliphatic carbocycles. The van der Waals surface area contributed by atoms with Crippen molar-refractivity contribution in [2.24, 2.45) is 0 Å². The SMILES string of the molecule is CCCCc1cc(C2(C(=O)O)CC2)cc(NC(=O)Nc2ccc(C)cc2)c1OCCCC(F)(F)F. The van der Waals surface area contributed by atoms with Crippen molar-refractivity contribution in [3.63, 3.8) is 0 Å². The summed E-state index contributed by atoms with van der Waals surface area (Å²) in [6, 6.07) is 9.96. The lowest BCUT2D eigenvalue weighted by molar-refractivity contribution is -0.140. The number of anilines is 2. The van der Waals surface area contributed by atoms with Crippen LogP contribution in [0.1, 0.15) is 62.1 Å². The number of carboxylic acid groups (broad SMARTS) is 1. The van der Waals surface area contributed by atoms with Crippen LogP contribution in [0.15, 0.2) is 36.4 Å². The molecule has 6 nitrogen and oxygen atoms in total. The highest BCUT2D eigenvalue weighted by Crippen LogP contribution is 2.50. The lowest BCUT2D eigenvalue weighted by atomic mass is 9.91. The smallest absolute Gasteiger partial charge is 0.389 e. The zero-order valence-corrected chi connectivity index (χ0v) is 19.9. The summed E-state index contributed by atoms with van der Waals surface area (Å²) >= 11 is 0. The normalized spacial score (nSPS) is 14.3. The zero-order chi connectivity index (χ0) is 25.6. The standard InChI is InChI=1S/C26H31F3N2O4/c1-3-4-6-18-15-19(25(12-13-25)23(32)33)16-21(22(18)35-14-5-11-26(27,28)29)31-24(34)30-20-9-7-17(2)8-10-20/h7-10,15-16H,3-6,11-14H2,1-2H3,(H,32,33)(H2,30,31,34). The van der Waals surface area contributed by atoms with Crippen LogP contribution in [-0.4, -0.2) is 29.9 Å². The number of halogens is 3. The second-order valence-corrected chi connectivity index (χ2v) is 9.02. The van der Waals surface area contributed by atoms with Gasteiger partial charge in [-0.25, -0.2) is 4.79 Å². The van der Waals surface area contributed by atoms with Crippen LogP contribution in [-0.2, 0) is 16.6 Å². The monoisotopic (exact) mass is 492 g/mol. The van der Waals surface area contributed by atoms with Gasteiger partial charge in [0.05, 0.1) is 17.7 Å². The van der Waals surface area contributed by atoms with E-state index in [1.165, 1.54) is 0 Å². The quantitative estimate of drug-likeness (QED) is 0.300. The summed E-state index contributed by atoms with van der Waals surface area (Å²) in [7, 11) is 0. The van der Waals surface area contributed by atoms with Gasteiger partial charge in [0.15, 0.2) is 0 Å². The minimum Gasteiger partial charge on any atom is -0.491 e. The molecular weight excluding hydrogens is 461 g/mol. The van der Waals surface area contributed by atoms with Crippen molar-refractivity contribution in [3.05, 3.63) is 53.1 Å². The highest BCUT2D eigenvalue weighted by Gasteiger charge is 2.52. The molecule has 3 rings (SSSR count). The molecule has 0 radical (unpaired) electrons. The van der Waals surface area contributed by atoms with Crippen molar-refractivity contribution < 1.29 is 32.6 Å². The highest BCUT2D eigenvalue weighted by atomic mass is 19.4. The predicted octanol–water partition coefficient (Wildman–Crippen LogP) is 6.82. The molecule has 35 heavy (non-hydrogen) atoms. The van der Waals surface area contributed by atoms with Gasteiger partial charge in [-0.3, -0.25) is 4.79 Å². The van der Waals surface area contributed by atoms with Crippen LogP contribution in [0.2, 0.25) is 0 Å². The number of rotatable bonds is 11. The molecule has 190 valence electrons. The number of hydrogen-bond donors (Lipinski definition) is 3. The van der Waals surface area contributed by atoms with Gasteiger partial charge in [0, 0.05) is 12.1 Å². The minimum absolute atomic E-state index is 0.184. The van der Waals surface area contributed by atoms with Crippen molar-refractivity contribution in [2.75, 3.05) is 17.2 Å². The molecule has 2 aromatic rings. The van der Waals surface area contributed by atoms with E-state index < -0.39 is 30.0 Å². The fourth-order valence-electron chi connectivity index (χ4n) is 3.90. The van der Waals surface area contributed by atoms with Crippen molar-refractivity contribution in [3.8, 4) is 5.75 Å². The number of urea groups is 1. The summed E-state index contributed by atoms with van der Waals surface area (Å²) in [5, 5.41) is 15.3. The molecule has 1 aliphatic rings. The number of benzene rings is 2. The van der Waals surface area contributed by atoms with Crippen molar-refractivity contribution in [1.29, 1.82) is 0 Å². The maximum Gasteiger partial charge on any atom is 0.389 e. The Hall–Kier alpha value is -3.23. The number of ether oxygens (including phenoxy) is 1. The molecule has 9 heteroatoms. The van der Waals surface area contributed by atoms with Gasteiger partial charge in [0.2, 0.25) is 0 Å². The molecule has 2 aromatic carbocycles. The van der Waals surface area contributed by atoms with E-state index in [-0.39, 0.29) is 24.5 Å². The molecule has 0 aromatic heterocycles. The number of alkyl halides is 3. The van der Waals surface area contributed by atoms with Gasteiger partial charge < -0.3 is 20.5 Å². The van der Waals surface area contributed by atoms with E-state index in [1.807, 2.05) is 26.0 Å². The topological polar surface area (TPSA) is 87.7 Å². The molecule has 0 spiro atoms. The third-order valence-corrected chi connectivity index (χ3v) is 6.09. The second kappa shape index (κ2) is 11.0. The van der Waals surface area contributed by atoms with E-state index in [4.69, 9.17) is 4.74 Å².